The van der Waals surface area contributed by atoms with E-state index in [2.05, 4.69) is 13.8 Å². The highest BCUT2D eigenvalue weighted by Gasteiger charge is 2.62. The molecule has 0 N–H and O–H groups in total. The van der Waals surface area contributed by atoms with E-state index in [1.807, 2.05) is 13.8 Å². The van der Waals surface area contributed by atoms with Crippen molar-refractivity contribution in [3.8, 4) is 0 Å². The quantitative estimate of drug-likeness (QED) is 0.612. The molecule has 1 spiro atoms. The van der Waals surface area contributed by atoms with Gasteiger partial charge in [0.1, 0.15) is 0 Å². The van der Waals surface area contributed by atoms with Crippen LogP contribution in [0.3, 0.4) is 0 Å². The Labute approximate surface area is 92.3 Å². The zero-order valence-electron chi connectivity index (χ0n) is 10.2. The maximum atomic E-state index is 6.23. The lowest BCUT2D eigenvalue weighted by molar-refractivity contribution is -0.177. The lowest BCUT2D eigenvalue weighted by Gasteiger charge is -2.39. The Bertz CT molecular complexity index is 284. The van der Waals surface area contributed by atoms with Gasteiger partial charge in [-0.15, -0.1) is 0 Å². The van der Waals surface area contributed by atoms with Crippen LogP contribution in [0.2, 0.25) is 0 Å². The fourth-order valence-electron chi connectivity index (χ4n) is 4.24. The van der Waals surface area contributed by atoms with Crippen molar-refractivity contribution < 1.29 is 9.47 Å². The second-order valence-corrected chi connectivity index (χ2v) is 6.38. The Morgan fingerprint density at radius 1 is 1.13 bits per heavy atom. The fourth-order valence-corrected chi connectivity index (χ4v) is 4.24. The van der Waals surface area contributed by atoms with Crippen LogP contribution in [0, 0.1) is 23.7 Å². The van der Waals surface area contributed by atoms with Gasteiger partial charge < -0.3 is 9.47 Å². The maximum absolute atomic E-state index is 6.23. The van der Waals surface area contributed by atoms with Crippen LogP contribution in [0.1, 0.15) is 40.5 Å². The van der Waals surface area contributed by atoms with Gasteiger partial charge in [0.2, 0.25) is 0 Å². The van der Waals surface area contributed by atoms with Gasteiger partial charge in [-0.25, -0.2) is 0 Å². The minimum Gasteiger partial charge on any atom is -0.347 e. The fraction of sp³-hybridized carbons (Fsp3) is 1.00. The number of ether oxygens (including phenoxy) is 2. The SMILES string of the molecule is CC1C2CC(C1C)C1(COC(C)(C)O1)C2. The molecule has 1 heterocycles. The average molecular weight is 210 g/mol. The zero-order valence-corrected chi connectivity index (χ0v) is 10.2. The molecule has 2 bridgehead atoms. The molecule has 5 unspecified atom stereocenters. The van der Waals surface area contributed by atoms with Crippen molar-refractivity contribution >= 4 is 0 Å². The molecule has 1 saturated heterocycles. The first kappa shape index (κ1) is 10.1. The first-order valence-corrected chi connectivity index (χ1v) is 6.28. The molecule has 0 aromatic carbocycles. The van der Waals surface area contributed by atoms with Crippen molar-refractivity contribution in [3.05, 3.63) is 0 Å². The Morgan fingerprint density at radius 3 is 2.33 bits per heavy atom. The molecule has 0 aromatic rings. The summed E-state index contributed by atoms with van der Waals surface area (Å²) < 4.78 is 12.0. The Kier molecular flexibility index (Phi) is 1.87. The molecule has 2 aliphatic carbocycles. The second kappa shape index (κ2) is 2.78. The van der Waals surface area contributed by atoms with Crippen LogP contribution in [0.4, 0.5) is 0 Å². The van der Waals surface area contributed by atoms with E-state index in [4.69, 9.17) is 9.47 Å². The van der Waals surface area contributed by atoms with E-state index in [9.17, 15) is 0 Å². The summed E-state index contributed by atoms with van der Waals surface area (Å²) in [6, 6.07) is 0. The standard InChI is InChI=1S/C13H22O2/c1-8-9(2)11-5-10(8)6-13(11)7-14-12(3,4)15-13/h8-11H,5-7H2,1-4H3. The predicted molar refractivity (Wildman–Crippen MR) is 58.4 cm³/mol. The summed E-state index contributed by atoms with van der Waals surface area (Å²) in [6.45, 7) is 9.70. The molecule has 3 fully saturated rings. The summed E-state index contributed by atoms with van der Waals surface area (Å²) in [5.41, 5.74) is 0.0695. The van der Waals surface area contributed by atoms with E-state index in [1.165, 1.54) is 12.8 Å². The molecular weight excluding hydrogens is 188 g/mol. The highest BCUT2D eigenvalue weighted by Crippen LogP contribution is 2.60. The van der Waals surface area contributed by atoms with Crippen molar-refractivity contribution in [3.63, 3.8) is 0 Å². The van der Waals surface area contributed by atoms with Gasteiger partial charge in [-0.05, 0) is 50.4 Å². The summed E-state index contributed by atoms with van der Waals surface area (Å²) in [7, 11) is 0. The second-order valence-electron chi connectivity index (χ2n) is 6.38. The van der Waals surface area contributed by atoms with E-state index in [1.54, 1.807) is 0 Å². The average Bonchev–Trinajstić information content (AvgIpc) is 2.72. The third-order valence-electron chi connectivity index (χ3n) is 5.16. The van der Waals surface area contributed by atoms with Crippen molar-refractivity contribution in [1.82, 2.24) is 0 Å². The zero-order chi connectivity index (χ0) is 10.8. The van der Waals surface area contributed by atoms with Crippen molar-refractivity contribution in [2.45, 2.75) is 51.9 Å². The molecule has 2 saturated carbocycles. The topological polar surface area (TPSA) is 18.5 Å². The third kappa shape index (κ3) is 1.24. The minimum absolute atomic E-state index is 0.0695. The minimum atomic E-state index is -0.354. The number of rotatable bonds is 0. The lowest BCUT2D eigenvalue weighted by atomic mass is 9.73. The molecule has 2 heteroatoms. The van der Waals surface area contributed by atoms with Gasteiger partial charge in [-0.2, -0.15) is 0 Å². The first-order chi connectivity index (χ1) is 6.94. The van der Waals surface area contributed by atoms with E-state index < -0.39 is 0 Å². The van der Waals surface area contributed by atoms with Gasteiger partial charge in [-0.1, -0.05) is 13.8 Å². The molecule has 5 atom stereocenters. The van der Waals surface area contributed by atoms with E-state index in [0.717, 1.165) is 30.3 Å². The van der Waals surface area contributed by atoms with Gasteiger partial charge in [0.25, 0.3) is 0 Å². The number of hydrogen-bond acceptors (Lipinski definition) is 2. The normalized spacial score (nSPS) is 56.8. The number of hydrogen-bond donors (Lipinski definition) is 0. The number of fused-ring (bicyclic) bond motifs is 3. The Balaban J connectivity index is 1.86. The molecule has 3 aliphatic rings. The molecule has 0 radical (unpaired) electrons. The first-order valence-electron chi connectivity index (χ1n) is 6.28. The van der Waals surface area contributed by atoms with Crippen molar-refractivity contribution in [2.75, 3.05) is 6.61 Å². The van der Waals surface area contributed by atoms with Gasteiger partial charge in [0.15, 0.2) is 5.79 Å². The molecule has 15 heavy (non-hydrogen) atoms. The molecule has 3 rings (SSSR count). The molecular formula is C13H22O2. The Hall–Kier alpha value is -0.0800. The smallest absolute Gasteiger partial charge is 0.163 e. The maximum Gasteiger partial charge on any atom is 0.163 e. The lowest BCUT2D eigenvalue weighted by Crippen LogP contribution is -2.44. The Morgan fingerprint density at radius 2 is 1.87 bits per heavy atom. The molecule has 86 valence electrons. The summed E-state index contributed by atoms with van der Waals surface area (Å²) in [4.78, 5) is 0. The van der Waals surface area contributed by atoms with E-state index in [0.29, 0.717) is 0 Å². The van der Waals surface area contributed by atoms with Crippen LogP contribution in [0.5, 0.6) is 0 Å². The van der Waals surface area contributed by atoms with Crippen LogP contribution >= 0.6 is 0 Å². The monoisotopic (exact) mass is 210 g/mol. The molecule has 1 aliphatic heterocycles. The molecule has 2 nitrogen and oxygen atoms in total. The van der Waals surface area contributed by atoms with Crippen molar-refractivity contribution in [1.29, 1.82) is 0 Å². The van der Waals surface area contributed by atoms with Gasteiger partial charge in [0, 0.05) is 0 Å². The largest absolute Gasteiger partial charge is 0.347 e. The van der Waals surface area contributed by atoms with Gasteiger partial charge in [-0.3, -0.25) is 0 Å². The summed E-state index contributed by atoms with van der Waals surface area (Å²) in [5, 5.41) is 0. The van der Waals surface area contributed by atoms with Gasteiger partial charge >= 0.3 is 0 Å². The van der Waals surface area contributed by atoms with E-state index >= 15 is 0 Å². The highest BCUT2D eigenvalue weighted by molar-refractivity contribution is 5.09. The molecule has 0 aromatic heterocycles. The highest BCUT2D eigenvalue weighted by atomic mass is 16.8. The van der Waals surface area contributed by atoms with E-state index in [-0.39, 0.29) is 11.4 Å². The predicted octanol–water partition coefficient (Wildman–Crippen LogP) is 2.82. The molecule has 0 amide bonds. The van der Waals surface area contributed by atoms with Gasteiger partial charge in [0.05, 0.1) is 12.2 Å². The van der Waals surface area contributed by atoms with Crippen LogP contribution in [-0.2, 0) is 9.47 Å². The van der Waals surface area contributed by atoms with Crippen LogP contribution < -0.4 is 0 Å². The van der Waals surface area contributed by atoms with Crippen LogP contribution in [0.25, 0.3) is 0 Å². The van der Waals surface area contributed by atoms with Crippen molar-refractivity contribution in [2.24, 2.45) is 23.7 Å². The third-order valence-corrected chi connectivity index (χ3v) is 5.16. The van der Waals surface area contributed by atoms with Crippen LogP contribution in [0.15, 0.2) is 0 Å². The summed E-state index contributed by atoms with van der Waals surface area (Å²) in [5.74, 6) is 2.95. The summed E-state index contributed by atoms with van der Waals surface area (Å²) >= 11 is 0. The summed E-state index contributed by atoms with van der Waals surface area (Å²) in [6.07, 6.45) is 2.59. The van der Waals surface area contributed by atoms with Crippen LogP contribution in [-0.4, -0.2) is 18.0 Å².